The zero-order valence-electron chi connectivity index (χ0n) is 10.1. The Kier molecular flexibility index (Phi) is 5.45. The predicted octanol–water partition coefficient (Wildman–Crippen LogP) is 2.01. The van der Waals surface area contributed by atoms with Crippen molar-refractivity contribution in [1.82, 2.24) is 0 Å². The number of hydrogen-bond acceptors (Lipinski definition) is 4. The maximum atomic E-state index is 11.6. The minimum Gasteiger partial charge on any atom is -0.508 e. The van der Waals surface area contributed by atoms with Gasteiger partial charge in [-0.2, -0.15) is 0 Å². The van der Waals surface area contributed by atoms with Gasteiger partial charge >= 0.3 is 5.97 Å². The van der Waals surface area contributed by atoms with E-state index >= 15 is 0 Å². The quantitative estimate of drug-likeness (QED) is 0.815. The van der Waals surface area contributed by atoms with Gasteiger partial charge in [-0.3, -0.25) is 4.79 Å². The van der Waals surface area contributed by atoms with Crippen LogP contribution in [-0.2, 0) is 9.53 Å². The lowest BCUT2D eigenvalue weighted by Crippen LogP contribution is -2.37. The molecule has 0 amide bonds. The lowest BCUT2D eigenvalue weighted by atomic mass is 9.81. The van der Waals surface area contributed by atoms with Gasteiger partial charge in [0.05, 0.1) is 12.5 Å². The van der Waals surface area contributed by atoms with Crippen molar-refractivity contribution >= 4 is 18.4 Å². The van der Waals surface area contributed by atoms with Crippen molar-refractivity contribution in [3.05, 3.63) is 29.8 Å². The van der Waals surface area contributed by atoms with Gasteiger partial charge in [0.25, 0.3) is 0 Å². The predicted molar refractivity (Wildman–Crippen MR) is 68.1 cm³/mol. The lowest BCUT2D eigenvalue weighted by molar-refractivity contribution is -0.152. The standard InChI is InChI=1S/C12H17NO3.ClH/c1-12(2,11(15)16-3)10(13)8-4-6-9(14)7-5-8;/h4-7,10,14H,13H2,1-3H3;1H/t10-;/m0./s1. The van der Waals surface area contributed by atoms with E-state index in [1.54, 1.807) is 38.1 Å². The highest BCUT2D eigenvalue weighted by Crippen LogP contribution is 2.32. The topological polar surface area (TPSA) is 72.5 Å². The van der Waals surface area contributed by atoms with E-state index in [1.165, 1.54) is 7.11 Å². The number of aromatic hydroxyl groups is 1. The first-order valence-corrected chi connectivity index (χ1v) is 5.02. The smallest absolute Gasteiger partial charge is 0.313 e. The van der Waals surface area contributed by atoms with Gasteiger partial charge in [-0.15, -0.1) is 12.4 Å². The number of halogens is 1. The van der Waals surface area contributed by atoms with Gasteiger partial charge in [0.15, 0.2) is 0 Å². The van der Waals surface area contributed by atoms with Crippen molar-refractivity contribution in [2.75, 3.05) is 7.11 Å². The van der Waals surface area contributed by atoms with E-state index in [9.17, 15) is 4.79 Å². The van der Waals surface area contributed by atoms with Crippen molar-refractivity contribution in [3.8, 4) is 5.75 Å². The zero-order chi connectivity index (χ0) is 12.3. The Hall–Kier alpha value is -1.26. The molecule has 96 valence electrons. The summed E-state index contributed by atoms with van der Waals surface area (Å²) in [7, 11) is 1.34. The van der Waals surface area contributed by atoms with Gasteiger partial charge in [0.2, 0.25) is 0 Å². The molecular weight excluding hydrogens is 242 g/mol. The summed E-state index contributed by atoms with van der Waals surface area (Å²) < 4.78 is 4.71. The largest absolute Gasteiger partial charge is 0.508 e. The summed E-state index contributed by atoms with van der Waals surface area (Å²) in [4.78, 5) is 11.6. The normalized spacial score (nSPS) is 12.5. The Labute approximate surface area is 107 Å². The molecule has 17 heavy (non-hydrogen) atoms. The molecule has 0 saturated heterocycles. The molecule has 1 atom stereocenters. The first kappa shape index (κ1) is 15.7. The third kappa shape index (κ3) is 3.35. The molecule has 0 fully saturated rings. The number of ether oxygens (including phenoxy) is 1. The van der Waals surface area contributed by atoms with Crippen LogP contribution in [0.25, 0.3) is 0 Å². The van der Waals surface area contributed by atoms with Gasteiger partial charge < -0.3 is 15.6 Å². The molecule has 5 heteroatoms. The monoisotopic (exact) mass is 259 g/mol. The van der Waals surface area contributed by atoms with Crippen molar-refractivity contribution in [3.63, 3.8) is 0 Å². The Morgan fingerprint density at radius 3 is 2.24 bits per heavy atom. The molecule has 3 N–H and O–H groups in total. The van der Waals surface area contributed by atoms with E-state index in [4.69, 9.17) is 15.6 Å². The molecule has 0 aromatic heterocycles. The van der Waals surface area contributed by atoms with Crippen LogP contribution in [0.3, 0.4) is 0 Å². The highest BCUT2D eigenvalue weighted by molar-refractivity contribution is 5.85. The van der Waals surface area contributed by atoms with Crippen LogP contribution in [0.2, 0.25) is 0 Å². The molecule has 0 bridgehead atoms. The number of hydrogen-bond donors (Lipinski definition) is 2. The van der Waals surface area contributed by atoms with E-state index < -0.39 is 11.5 Å². The average Bonchev–Trinajstić information content (AvgIpc) is 2.28. The van der Waals surface area contributed by atoms with Gasteiger partial charge in [0, 0.05) is 6.04 Å². The second kappa shape index (κ2) is 5.89. The van der Waals surface area contributed by atoms with Crippen molar-refractivity contribution < 1.29 is 14.6 Å². The molecule has 1 aromatic carbocycles. The Morgan fingerprint density at radius 2 is 1.82 bits per heavy atom. The van der Waals surface area contributed by atoms with E-state index in [2.05, 4.69) is 0 Å². The number of rotatable bonds is 3. The summed E-state index contributed by atoms with van der Waals surface area (Å²) in [5.41, 5.74) is 6.00. The SMILES string of the molecule is COC(=O)C(C)(C)[C@@H](N)c1ccc(O)cc1.Cl. The van der Waals surface area contributed by atoms with Gasteiger partial charge in [-0.05, 0) is 31.5 Å². The van der Waals surface area contributed by atoms with E-state index in [-0.39, 0.29) is 24.1 Å². The van der Waals surface area contributed by atoms with Crippen LogP contribution in [0, 0.1) is 5.41 Å². The number of carbonyl (C=O) groups is 1. The summed E-state index contributed by atoms with van der Waals surface area (Å²) in [6.07, 6.45) is 0. The molecule has 0 spiro atoms. The molecule has 0 aliphatic rings. The first-order valence-electron chi connectivity index (χ1n) is 5.02. The van der Waals surface area contributed by atoms with Crippen LogP contribution in [0.4, 0.5) is 0 Å². The molecule has 0 heterocycles. The van der Waals surface area contributed by atoms with Crippen LogP contribution < -0.4 is 5.73 Å². The van der Waals surface area contributed by atoms with Gasteiger partial charge in [-0.25, -0.2) is 0 Å². The number of methoxy groups -OCH3 is 1. The van der Waals surface area contributed by atoms with Crippen molar-refractivity contribution in [2.45, 2.75) is 19.9 Å². The number of phenols is 1. The fraction of sp³-hybridized carbons (Fsp3) is 0.417. The second-order valence-corrected chi connectivity index (χ2v) is 4.28. The molecule has 0 radical (unpaired) electrons. The lowest BCUT2D eigenvalue weighted by Gasteiger charge is -2.28. The minimum absolute atomic E-state index is 0. The highest BCUT2D eigenvalue weighted by atomic mass is 35.5. The third-order valence-electron chi connectivity index (χ3n) is 2.74. The number of phenolic OH excluding ortho intramolecular Hbond substituents is 1. The molecule has 1 aromatic rings. The van der Waals surface area contributed by atoms with Gasteiger partial charge in [-0.1, -0.05) is 12.1 Å². The molecule has 0 aliphatic carbocycles. The maximum Gasteiger partial charge on any atom is 0.313 e. The summed E-state index contributed by atoms with van der Waals surface area (Å²) in [6, 6.07) is 6.01. The number of nitrogens with two attached hydrogens (primary N) is 1. The molecule has 0 saturated carbocycles. The molecule has 0 aliphatic heterocycles. The summed E-state index contributed by atoms with van der Waals surface area (Å²) in [5, 5.41) is 9.16. The van der Waals surface area contributed by atoms with E-state index in [0.717, 1.165) is 5.56 Å². The van der Waals surface area contributed by atoms with Gasteiger partial charge in [0.1, 0.15) is 5.75 Å². The molecule has 0 unspecified atom stereocenters. The van der Waals surface area contributed by atoms with Crippen LogP contribution >= 0.6 is 12.4 Å². The Bertz CT molecular complexity index is 376. The highest BCUT2D eigenvalue weighted by Gasteiger charge is 2.36. The third-order valence-corrected chi connectivity index (χ3v) is 2.74. The van der Waals surface area contributed by atoms with Crippen LogP contribution in [0.5, 0.6) is 5.75 Å². The van der Waals surface area contributed by atoms with Crippen molar-refractivity contribution in [1.29, 1.82) is 0 Å². The molecular formula is C12H18ClNO3. The van der Waals surface area contributed by atoms with Crippen LogP contribution in [0.1, 0.15) is 25.5 Å². The number of carbonyl (C=O) groups excluding carboxylic acids is 1. The fourth-order valence-electron chi connectivity index (χ4n) is 1.49. The van der Waals surface area contributed by atoms with E-state index in [0.29, 0.717) is 0 Å². The van der Waals surface area contributed by atoms with Crippen LogP contribution in [-0.4, -0.2) is 18.2 Å². The number of benzene rings is 1. The second-order valence-electron chi connectivity index (χ2n) is 4.28. The maximum absolute atomic E-state index is 11.6. The minimum atomic E-state index is -0.800. The van der Waals surface area contributed by atoms with Crippen LogP contribution in [0.15, 0.2) is 24.3 Å². The molecule has 4 nitrogen and oxygen atoms in total. The molecule has 1 rings (SSSR count). The summed E-state index contributed by atoms with van der Waals surface area (Å²) in [5.74, 6) is -0.181. The average molecular weight is 260 g/mol. The fourth-order valence-corrected chi connectivity index (χ4v) is 1.49. The Balaban J connectivity index is 0.00000256. The first-order chi connectivity index (χ1) is 7.39. The summed E-state index contributed by atoms with van der Waals surface area (Å²) >= 11 is 0. The summed E-state index contributed by atoms with van der Waals surface area (Å²) in [6.45, 7) is 3.46. The number of esters is 1. The van der Waals surface area contributed by atoms with Crippen molar-refractivity contribution in [2.24, 2.45) is 11.1 Å². The Morgan fingerprint density at radius 1 is 1.35 bits per heavy atom. The zero-order valence-corrected chi connectivity index (χ0v) is 11.0. The van der Waals surface area contributed by atoms with E-state index in [1.807, 2.05) is 0 Å².